The molecule has 0 radical (unpaired) electrons. The highest BCUT2D eigenvalue weighted by atomic mass is 16.6. The molecule has 0 saturated carbocycles. The molecule has 0 aliphatic carbocycles. The van der Waals surface area contributed by atoms with Gasteiger partial charge in [-0.3, -0.25) is 15.5 Å². The van der Waals surface area contributed by atoms with Crippen LogP contribution in [0, 0.1) is 16.0 Å². The Morgan fingerprint density at radius 2 is 2.18 bits per heavy atom. The molecular formula is C9H15N5O3. The monoisotopic (exact) mass is 241 g/mol. The maximum absolute atomic E-state index is 10.8. The minimum atomic E-state index is -0.595. The summed E-state index contributed by atoms with van der Waals surface area (Å²) < 4.78 is 5.42. The molecule has 1 unspecified atom stereocenters. The van der Waals surface area contributed by atoms with E-state index in [-0.39, 0.29) is 29.5 Å². The molecule has 17 heavy (non-hydrogen) atoms. The molecular weight excluding hydrogens is 226 g/mol. The van der Waals surface area contributed by atoms with E-state index < -0.39 is 4.92 Å². The van der Waals surface area contributed by atoms with Crippen LogP contribution in [0.3, 0.4) is 0 Å². The van der Waals surface area contributed by atoms with E-state index in [0.717, 1.165) is 6.20 Å². The number of nitro groups is 1. The second kappa shape index (κ2) is 5.39. The van der Waals surface area contributed by atoms with Gasteiger partial charge in [0.25, 0.3) is 5.88 Å². The molecule has 1 heterocycles. The SMILES string of the molecule is CC(C)C(C)Oc1nc(NN)ncc1[N+](=O)[O-]. The predicted molar refractivity (Wildman–Crippen MR) is 61.4 cm³/mol. The Balaban J connectivity index is 3.05. The first-order valence-electron chi connectivity index (χ1n) is 5.10. The third-order valence-electron chi connectivity index (χ3n) is 2.30. The van der Waals surface area contributed by atoms with Crippen molar-refractivity contribution < 1.29 is 9.66 Å². The second-order valence-electron chi connectivity index (χ2n) is 3.85. The van der Waals surface area contributed by atoms with Crippen LogP contribution in [0.5, 0.6) is 5.88 Å². The van der Waals surface area contributed by atoms with Gasteiger partial charge >= 0.3 is 5.69 Å². The molecule has 0 spiro atoms. The first-order valence-corrected chi connectivity index (χ1v) is 5.10. The van der Waals surface area contributed by atoms with Gasteiger partial charge in [-0.1, -0.05) is 13.8 Å². The first kappa shape index (κ1) is 13.1. The molecule has 0 fully saturated rings. The summed E-state index contributed by atoms with van der Waals surface area (Å²) in [7, 11) is 0. The quantitative estimate of drug-likeness (QED) is 0.450. The molecule has 0 amide bonds. The van der Waals surface area contributed by atoms with Gasteiger partial charge in [0.05, 0.1) is 4.92 Å². The highest BCUT2D eigenvalue weighted by molar-refractivity contribution is 5.42. The fourth-order valence-corrected chi connectivity index (χ4v) is 0.953. The lowest BCUT2D eigenvalue weighted by molar-refractivity contribution is -0.386. The number of nitrogens with zero attached hydrogens (tertiary/aromatic N) is 3. The number of aromatic nitrogens is 2. The molecule has 0 aliphatic rings. The molecule has 94 valence electrons. The minimum absolute atomic E-state index is 0.0709. The molecule has 1 rings (SSSR count). The molecule has 0 saturated heterocycles. The average molecular weight is 241 g/mol. The van der Waals surface area contributed by atoms with E-state index in [1.807, 2.05) is 20.8 Å². The van der Waals surface area contributed by atoms with Gasteiger partial charge in [-0.2, -0.15) is 4.98 Å². The lowest BCUT2D eigenvalue weighted by Crippen LogP contribution is -2.21. The molecule has 8 heteroatoms. The largest absolute Gasteiger partial charge is 0.469 e. The zero-order chi connectivity index (χ0) is 13.0. The van der Waals surface area contributed by atoms with Crippen LogP contribution in [-0.4, -0.2) is 21.0 Å². The smallest absolute Gasteiger partial charge is 0.349 e. The minimum Gasteiger partial charge on any atom is -0.469 e. The summed E-state index contributed by atoms with van der Waals surface area (Å²) in [6.45, 7) is 5.70. The maximum Gasteiger partial charge on any atom is 0.349 e. The van der Waals surface area contributed by atoms with Crippen molar-refractivity contribution in [3.05, 3.63) is 16.3 Å². The number of hydrazine groups is 1. The van der Waals surface area contributed by atoms with Crippen LogP contribution in [0.2, 0.25) is 0 Å². The van der Waals surface area contributed by atoms with E-state index in [4.69, 9.17) is 10.6 Å². The van der Waals surface area contributed by atoms with Gasteiger partial charge in [0.15, 0.2) is 0 Å². The van der Waals surface area contributed by atoms with E-state index in [2.05, 4.69) is 15.4 Å². The van der Waals surface area contributed by atoms with E-state index in [1.165, 1.54) is 0 Å². The Kier molecular flexibility index (Phi) is 4.16. The van der Waals surface area contributed by atoms with Crippen molar-refractivity contribution in [1.82, 2.24) is 9.97 Å². The summed E-state index contributed by atoms with van der Waals surface area (Å²) in [5.41, 5.74) is 1.93. The number of nitrogens with one attached hydrogen (secondary N) is 1. The van der Waals surface area contributed by atoms with E-state index in [0.29, 0.717) is 0 Å². The van der Waals surface area contributed by atoms with Crippen molar-refractivity contribution in [2.24, 2.45) is 11.8 Å². The molecule has 3 N–H and O–H groups in total. The Morgan fingerprint density at radius 1 is 1.53 bits per heavy atom. The second-order valence-corrected chi connectivity index (χ2v) is 3.85. The average Bonchev–Trinajstić information content (AvgIpc) is 2.28. The number of nitrogens with two attached hydrogens (primary N) is 1. The lowest BCUT2D eigenvalue weighted by atomic mass is 10.1. The summed E-state index contributed by atoms with van der Waals surface area (Å²) in [5.74, 6) is 5.33. The number of hydrogen-bond acceptors (Lipinski definition) is 7. The van der Waals surface area contributed by atoms with Crippen LogP contribution >= 0.6 is 0 Å². The molecule has 1 aromatic rings. The normalized spacial score (nSPS) is 12.3. The number of nitrogen functional groups attached to an aromatic ring is 1. The predicted octanol–water partition coefficient (Wildman–Crippen LogP) is 1.09. The van der Waals surface area contributed by atoms with Gasteiger partial charge < -0.3 is 4.74 Å². The number of ether oxygens (including phenoxy) is 1. The number of rotatable bonds is 5. The van der Waals surface area contributed by atoms with Crippen molar-refractivity contribution in [3.8, 4) is 5.88 Å². The van der Waals surface area contributed by atoms with Gasteiger partial charge in [-0.15, -0.1) is 0 Å². The summed E-state index contributed by atoms with van der Waals surface area (Å²) in [4.78, 5) is 17.7. The van der Waals surface area contributed by atoms with Gasteiger partial charge in [0.1, 0.15) is 12.3 Å². The molecule has 0 bridgehead atoms. The van der Waals surface area contributed by atoms with E-state index in [1.54, 1.807) is 0 Å². The van der Waals surface area contributed by atoms with Crippen LogP contribution in [0.25, 0.3) is 0 Å². The van der Waals surface area contributed by atoms with Crippen LogP contribution < -0.4 is 16.0 Å². The van der Waals surface area contributed by atoms with E-state index in [9.17, 15) is 10.1 Å². The van der Waals surface area contributed by atoms with E-state index >= 15 is 0 Å². The van der Waals surface area contributed by atoms with Crippen LogP contribution in [0.1, 0.15) is 20.8 Å². The van der Waals surface area contributed by atoms with Crippen LogP contribution in [-0.2, 0) is 0 Å². The summed E-state index contributed by atoms with van der Waals surface area (Å²) in [6.07, 6.45) is 0.860. The van der Waals surface area contributed by atoms with Crippen LogP contribution in [0.4, 0.5) is 11.6 Å². The van der Waals surface area contributed by atoms with Gasteiger partial charge in [0, 0.05) is 0 Å². The molecule has 1 aromatic heterocycles. The Labute approximate surface area is 98.3 Å². The van der Waals surface area contributed by atoms with Crippen molar-refractivity contribution >= 4 is 11.6 Å². The Morgan fingerprint density at radius 3 is 2.65 bits per heavy atom. The zero-order valence-corrected chi connectivity index (χ0v) is 9.88. The molecule has 8 nitrogen and oxygen atoms in total. The molecule has 1 atom stereocenters. The Hall–Kier alpha value is -1.96. The molecule has 0 aromatic carbocycles. The lowest BCUT2D eigenvalue weighted by Gasteiger charge is -2.17. The fraction of sp³-hybridized carbons (Fsp3) is 0.556. The highest BCUT2D eigenvalue weighted by Crippen LogP contribution is 2.26. The highest BCUT2D eigenvalue weighted by Gasteiger charge is 2.21. The topological polar surface area (TPSA) is 116 Å². The van der Waals surface area contributed by atoms with Crippen molar-refractivity contribution in [1.29, 1.82) is 0 Å². The van der Waals surface area contributed by atoms with Gasteiger partial charge in [-0.05, 0) is 12.8 Å². The number of anilines is 1. The van der Waals surface area contributed by atoms with Gasteiger partial charge in [-0.25, -0.2) is 10.8 Å². The summed E-state index contributed by atoms with van der Waals surface area (Å²) >= 11 is 0. The van der Waals surface area contributed by atoms with Crippen molar-refractivity contribution in [2.45, 2.75) is 26.9 Å². The third-order valence-corrected chi connectivity index (χ3v) is 2.30. The standard InChI is InChI=1S/C9H15N5O3/c1-5(2)6(3)17-8-7(14(15)16)4-11-9(12-8)13-10/h4-6H,10H2,1-3H3,(H,11,12,13). The number of hydrogen-bond donors (Lipinski definition) is 2. The van der Waals surface area contributed by atoms with Crippen molar-refractivity contribution in [3.63, 3.8) is 0 Å². The fourth-order valence-electron chi connectivity index (χ4n) is 0.953. The summed E-state index contributed by atoms with van der Waals surface area (Å²) in [5, 5.41) is 10.8. The third kappa shape index (κ3) is 3.25. The Bertz CT molecular complexity index is 410. The summed E-state index contributed by atoms with van der Waals surface area (Å²) in [6, 6.07) is 0. The maximum atomic E-state index is 10.8. The first-order chi connectivity index (χ1) is 7.95. The van der Waals surface area contributed by atoms with Crippen LogP contribution in [0.15, 0.2) is 6.20 Å². The van der Waals surface area contributed by atoms with Gasteiger partial charge in [0.2, 0.25) is 5.95 Å². The molecule has 0 aliphatic heterocycles. The zero-order valence-electron chi connectivity index (χ0n) is 9.88. The van der Waals surface area contributed by atoms with Crippen molar-refractivity contribution in [2.75, 3.05) is 5.43 Å².